The van der Waals surface area contributed by atoms with Gasteiger partial charge in [-0.15, -0.1) is 0 Å². The Bertz CT molecular complexity index is 407. The quantitative estimate of drug-likeness (QED) is 0.843. The normalized spacial score (nSPS) is 20.1. The molecule has 5 nitrogen and oxygen atoms in total. The van der Waals surface area contributed by atoms with Gasteiger partial charge in [-0.25, -0.2) is 0 Å². The number of piperazine rings is 1. The molecule has 1 fully saturated rings. The lowest BCUT2D eigenvalue weighted by atomic mass is 10.2. The number of nitrogens with zero attached hydrogens (tertiary/aromatic N) is 3. The number of methoxy groups -OCH3 is 1. The average molecular weight is 234 g/mol. The van der Waals surface area contributed by atoms with Crippen molar-refractivity contribution in [1.82, 2.24) is 15.3 Å². The predicted octanol–water partition coefficient (Wildman–Crippen LogP) is 0.926. The summed E-state index contributed by atoms with van der Waals surface area (Å²) >= 11 is 0. The first kappa shape index (κ1) is 11.9. The highest BCUT2D eigenvalue weighted by Crippen LogP contribution is 2.19. The van der Waals surface area contributed by atoms with Gasteiger partial charge in [0.15, 0.2) is 0 Å². The second-order valence-corrected chi connectivity index (χ2v) is 4.09. The summed E-state index contributed by atoms with van der Waals surface area (Å²) in [6.07, 6.45) is 1.71. The van der Waals surface area contributed by atoms with Crippen molar-refractivity contribution < 1.29 is 4.74 Å². The third-order valence-electron chi connectivity index (χ3n) is 2.90. The van der Waals surface area contributed by atoms with Crippen LogP contribution in [-0.2, 0) is 0 Å². The van der Waals surface area contributed by atoms with Crippen LogP contribution < -0.4 is 15.0 Å². The zero-order valence-electron chi connectivity index (χ0n) is 10.3. The molecule has 0 amide bonds. The van der Waals surface area contributed by atoms with E-state index in [0.29, 0.717) is 12.1 Å². The van der Waals surface area contributed by atoms with E-state index in [9.17, 15) is 0 Å². The van der Waals surface area contributed by atoms with Crippen LogP contribution in [0.2, 0.25) is 0 Å². The highest BCUT2D eigenvalue weighted by Gasteiger charge is 2.20. The first-order chi connectivity index (χ1) is 8.24. The highest BCUT2D eigenvalue weighted by atomic mass is 16.5. The van der Waals surface area contributed by atoms with E-state index in [2.05, 4.69) is 33.7 Å². The van der Waals surface area contributed by atoms with Crippen molar-refractivity contribution in [3.8, 4) is 6.01 Å². The molecular weight excluding hydrogens is 216 g/mol. The molecule has 1 saturated heterocycles. The Morgan fingerprint density at radius 3 is 3.06 bits per heavy atom. The SMILES string of the molecule is C=Cc1cc(N2CCNCC2C)nc(OC)n1. The molecule has 0 bridgehead atoms. The largest absolute Gasteiger partial charge is 0.467 e. The third-order valence-corrected chi connectivity index (χ3v) is 2.90. The lowest BCUT2D eigenvalue weighted by molar-refractivity contribution is 0.378. The molecule has 1 atom stereocenters. The van der Waals surface area contributed by atoms with Crippen LogP contribution in [0.25, 0.3) is 6.08 Å². The molecule has 1 aromatic heterocycles. The Labute approximate surface area is 102 Å². The molecular formula is C12H18N4O. The van der Waals surface area contributed by atoms with Crippen LogP contribution in [0.15, 0.2) is 12.6 Å². The van der Waals surface area contributed by atoms with Crippen molar-refractivity contribution in [3.05, 3.63) is 18.3 Å². The fraction of sp³-hybridized carbons (Fsp3) is 0.500. The molecule has 2 rings (SSSR count). The molecule has 1 N–H and O–H groups in total. The molecule has 0 aromatic carbocycles. The minimum atomic E-state index is 0.392. The van der Waals surface area contributed by atoms with Crippen LogP contribution in [0.1, 0.15) is 12.6 Å². The van der Waals surface area contributed by atoms with Gasteiger partial charge in [0.05, 0.1) is 12.8 Å². The van der Waals surface area contributed by atoms with E-state index >= 15 is 0 Å². The fourth-order valence-corrected chi connectivity index (χ4v) is 1.95. The summed E-state index contributed by atoms with van der Waals surface area (Å²) in [6, 6.07) is 2.75. The van der Waals surface area contributed by atoms with Crippen LogP contribution >= 0.6 is 0 Å². The Morgan fingerprint density at radius 1 is 1.59 bits per heavy atom. The summed E-state index contributed by atoms with van der Waals surface area (Å²) in [5, 5.41) is 3.35. The van der Waals surface area contributed by atoms with Gasteiger partial charge >= 0.3 is 6.01 Å². The van der Waals surface area contributed by atoms with E-state index in [1.165, 1.54) is 0 Å². The molecule has 0 spiro atoms. The standard InChI is InChI=1S/C12H18N4O/c1-4-10-7-11(15-12(14-10)17-3)16-6-5-13-8-9(16)2/h4,7,9,13H,1,5-6,8H2,2-3H3. The van der Waals surface area contributed by atoms with Crippen LogP contribution in [0.5, 0.6) is 6.01 Å². The first-order valence-corrected chi connectivity index (χ1v) is 5.77. The molecule has 0 radical (unpaired) electrons. The van der Waals surface area contributed by atoms with E-state index in [0.717, 1.165) is 31.1 Å². The third kappa shape index (κ3) is 2.55. The van der Waals surface area contributed by atoms with Crippen LogP contribution in [0.3, 0.4) is 0 Å². The van der Waals surface area contributed by atoms with Crippen LogP contribution in [-0.4, -0.2) is 42.8 Å². The Hall–Kier alpha value is -1.62. The molecule has 92 valence electrons. The van der Waals surface area contributed by atoms with Gasteiger partial charge in [-0.05, 0) is 13.0 Å². The van der Waals surface area contributed by atoms with Crippen LogP contribution in [0, 0.1) is 0 Å². The zero-order chi connectivity index (χ0) is 12.3. The van der Waals surface area contributed by atoms with Gasteiger partial charge in [0.25, 0.3) is 0 Å². The number of anilines is 1. The lowest BCUT2D eigenvalue weighted by Crippen LogP contribution is -2.50. The second-order valence-electron chi connectivity index (χ2n) is 4.09. The fourth-order valence-electron chi connectivity index (χ4n) is 1.95. The molecule has 17 heavy (non-hydrogen) atoms. The minimum Gasteiger partial charge on any atom is -0.467 e. The van der Waals surface area contributed by atoms with Gasteiger partial charge in [-0.3, -0.25) is 0 Å². The molecule has 0 aliphatic carbocycles. The number of aromatic nitrogens is 2. The minimum absolute atomic E-state index is 0.392. The Kier molecular flexibility index (Phi) is 3.58. The van der Waals surface area contributed by atoms with Gasteiger partial charge in [-0.2, -0.15) is 9.97 Å². The van der Waals surface area contributed by atoms with Gasteiger partial charge in [0.2, 0.25) is 0 Å². The molecule has 1 aliphatic heterocycles. The Morgan fingerprint density at radius 2 is 2.41 bits per heavy atom. The summed E-state index contributed by atoms with van der Waals surface area (Å²) in [5.41, 5.74) is 0.789. The van der Waals surface area contributed by atoms with Gasteiger partial charge in [-0.1, -0.05) is 6.58 Å². The number of rotatable bonds is 3. The Balaban J connectivity index is 2.32. The molecule has 2 heterocycles. The smallest absolute Gasteiger partial charge is 0.318 e. The van der Waals surface area contributed by atoms with Crippen molar-refractivity contribution in [3.63, 3.8) is 0 Å². The van der Waals surface area contributed by atoms with Gasteiger partial charge < -0.3 is 15.0 Å². The lowest BCUT2D eigenvalue weighted by Gasteiger charge is -2.34. The topological polar surface area (TPSA) is 50.3 Å². The average Bonchev–Trinajstić information content (AvgIpc) is 2.38. The number of hydrogen-bond donors (Lipinski definition) is 1. The highest BCUT2D eigenvalue weighted by molar-refractivity contribution is 5.51. The number of hydrogen-bond acceptors (Lipinski definition) is 5. The van der Waals surface area contributed by atoms with Crippen molar-refractivity contribution in [2.75, 3.05) is 31.6 Å². The first-order valence-electron chi connectivity index (χ1n) is 5.77. The molecule has 1 aromatic rings. The number of nitrogens with one attached hydrogen (secondary N) is 1. The predicted molar refractivity (Wildman–Crippen MR) is 68.4 cm³/mol. The van der Waals surface area contributed by atoms with E-state index < -0.39 is 0 Å². The molecule has 1 unspecified atom stereocenters. The summed E-state index contributed by atoms with van der Waals surface area (Å²) in [6.45, 7) is 8.79. The van der Waals surface area contributed by atoms with E-state index in [1.807, 2.05) is 6.07 Å². The van der Waals surface area contributed by atoms with Crippen molar-refractivity contribution in [2.24, 2.45) is 0 Å². The van der Waals surface area contributed by atoms with E-state index in [1.54, 1.807) is 13.2 Å². The van der Waals surface area contributed by atoms with Crippen molar-refractivity contribution >= 4 is 11.9 Å². The maximum Gasteiger partial charge on any atom is 0.318 e. The molecule has 5 heteroatoms. The molecule has 1 aliphatic rings. The second kappa shape index (κ2) is 5.14. The van der Waals surface area contributed by atoms with Crippen molar-refractivity contribution in [1.29, 1.82) is 0 Å². The van der Waals surface area contributed by atoms with E-state index in [4.69, 9.17) is 4.74 Å². The zero-order valence-corrected chi connectivity index (χ0v) is 10.3. The van der Waals surface area contributed by atoms with Crippen LogP contribution in [0.4, 0.5) is 5.82 Å². The summed E-state index contributed by atoms with van der Waals surface area (Å²) < 4.78 is 5.11. The summed E-state index contributed by atoms with van der Waals surface area (Å²) in [7, 11) is 1.58. The number of ether oxygens (including phenoxy) is 1. The maximum atomic E-state index is 5.11. The van der Waals surface area contributed by atoms with Gasteiger partial charge in [0, 0.05) is 31.7 Å². The summed E-state index contributed by atoms with van der Waals surface area (Å²) in [5.74, 6) is 0.903. The summed E-state index contributed by atoms with van der Waals surface area (Å²) in [4.78, 5) is 10.8. The maximum absolute atomic E-state index is 5.11. The monoisotopic (exact) mass is 234 g/mol. The molecule has 0 saturated carbocycles. The van der Waals surface area contributed by atoms with E-state index in [-0.39, 0.29) is 0 Å². The van der Waals surface area contributed by atoms with Gasteiger partial charge in [0.1, 0.15) is 5.82 Å². The van der Waals surface area contributed by atoms with Crippen molar-refractivity contribution in [2.45, 2.75) is 13.0 Å².